The SMILES string of the molecule is CSc1nc(SCC(=O)c2ccc([N+](=O)[O-])cc2)c2c3c(sc2n1)COC(C)(C)C3. The third kappa shape index (κ3) is 4.22. The van der Waals surface area contributed by atoms with Crippen molar-refractivity contribution in [1.82, 2.24) is 9.97 Å². The molecule has 1 aliphatic rings. The summed E-state index contributed by atoms with van der Waals surface area (Å²) in [5.74, 6) is 0.0996. The molecule has 0 spiro atoms. The van der Waals surface area contributed by atoms with Crippen molar-refractivity contribution in [2.75, 3.05) is 12.0 Å². The van der Waals surface area contributed by atoms with Gasteiger partial charge in [0.1, 0.15) is 9.86 Å². The average Bonchev–Trinajstić information content (AvgIpc) is 3.08. The largest absolute Gasteiger partial charge is 0.370 e. The highest BCUT2D eigenvalue weighted by Gasteiger charge is 2.31. The fourth-order valence-electron chi connectivity index (χ4n) is 3.27. The molecule has 0 unspecified atom stereocenters. The van der Waals surface area contributed by atoms with Gasteiger partial charge in [-0.2, -0.15) is 0 Å². The number of Topliss-reactive ketones (excluding diaryl/α,β-unsaturated/α-hetero) is 1. The van der Waals surface area contributed by atoms with Crippen molar-refractivity contribution in [3.8, 4) is 0 Å². The Hall–Kier alpha value is -2.01. The van der Waals surface area contributed by atoms with E-state index in [9.17, 15) is 14.9 Å². The van der Waals surface area contributed by atoms with Gasteiger partial charge in [0.05, 0.1) is 22.9 Å². The summed E-state index contributed by atoms with van der Waals surface area (Å²) in [5, 5.41) is 13.3. The molecular weight excluding hydrogens is 442 g/mol. The molecular formula is C20H19N3O4S3. The molecule has 30 heavy (non-hydrogen) atoms. The molecule has 0 atom stereocenters. The van der Waals surface area contributed by atoms with E-state index in [1.54, 1.807) is 11.3 Å². The van der Waals surface area contributed by atoms with Gasteiger partial charge in [-0.15, -0.1) is 11.3 Å². The maximum atomic E-state index is 12.7. The van der Waals surface area contributed by atoms with Crippen molar-refractivity contribution in [1.29, 1.82) is 0 Å². The maximum absolute atomic E-state index is 12.7. The van der Waals surface area contributed by atoms with E-state index < -0.39 is 4.92 Å². The molecule has 0 bridgehead atoms. The van der Waals surface area contributed by atoms with Gasteiger partial charge in [0.25, 0.3) is 5.69 Å². The lowest BCUT2D eigenvalue weighted by Crippen LogP contribution is -2.31. The average molecular weight is 462 g/mol. The van der Waals surface area contributed by atoms with Crippen molar-refractivity contribution in [2.24, 2.45) is 0 Å². The van der Waals surface area contributed by atoms with E-state index >= 15 is 0 Å². The molecule has 4 rings (SSSR count). The molecule has 0 fully saturated rings. The smallest absolute Gasteiger partial charge is 0.269 e. The summed E-state index contributed by atoms with van der Waals surface area (Å²) in [5.41, 5.74) is 1.38. The molecule has 0 aliphatic carbocycles. The van der Waals surface area contributed by atoms with Gasteiger partial charge in [-0.1, -0.05) is 23.5 Å². The number of nitro groups is 1. The Balaban J connectivity index is 1.64. The van der Waals surface area contributed by atoms with Crippen LogP contribution in [0.5, 0.6) is 0 Å². The molecule has 1 aromatic carbocycles. The number of carbonyl (C=O) groups is 1. The van der Waals surface area contributed by atoms with E-state index in [4.69, 9.17) is 4.74 Å². The maximum Gasteiger partial charge on any atom is 0.269 e. The minimum atomic E-state index is -0.477. The number of fused-ring (bicyclic) bond motifs is 3. The first-order valence-electron chi connectivity index (χ1n) is 9.18. The van der Waals surface area contributed by atoms with Gasteiger partial charge < -0.3 is 4.74 Å². The van der Waals surface area contributed by atoms with Gasteiger partial charge in [0.2, 0.25) is 0 Å². The second-order valence-corrected chi connectivity index (χ2v) is 10.3. The summed E-state index contributed by atoms with van der Waals surface area (Å²) >= 11 is 4.49. The summed E-state index contributed by atoms with van der Waals surface area (Å²) < 4.78 is 5.95. The second-order valence-electron chi connectivity index (χ2n) is 7.44. The van der Waals surface area contributed by atoms with Gasteiger partial charge in [0.15, 0.2) is 10.9 Å². The molecule has 0 saturated heterocycles. The minimum Gasteiger partial charge on any atom is -0.370 e. The Morgan fingerprint density at radius 2 is 2.03 bits per heavy atom. The highest BCUT2D eigenvalue weighted by molar-refractivity contribution is 8.00. The number of benzene rings is 1. The topological polar surface area (TPSA) is 95.2 Å². The van der Waals surface area contributed by atoms with E-state index in [2.05, 4.69) is 23.8 Å². The van der Waals surface area contributed by atoms with Crippen LogP contribution in [-0.2, 0) is 17.8 Å². The number of non-ortho nitro benzene ring substituents is 1. The number of ketones is 1. The molecule has 1 aliphatic heterocycles. The molecule has 0 N–H and O–H groups in total. The molecule has 156 valence electrons. The lowest BCUT2D eigenvalue weighted by Gasteiger charge is -2.30. The van der Waals surface area contributed by atoms with Gasteiger partial charge in [0, 0.05) is 34.4 Å². The third-order valence-electron chi connectivity index (χ3n) is 4.80. The van der Waals surface area contributed by atoms with Crippen molar-refractivity contribution < 1.29 is 14.5 Å². The van der Waals surface area contributed by atoms with Crippen LogP contribution in [0, 0.1) is 10.1 Å². The van der Waals surface area contributed by atoms with Crippen molar-refractivity contribution >= 4 is 56.5 Å². The number of thiophene rings is 1. The number of hydrogen-bond acceptors (Lipinski definition) is 9. The highest BCUT2D eigenvalue weighted by atomic mass is 32.2. The van der Waals surface area contributed by atoms with Gasteiger partial charge in [-0.05, 0) is 37.8 Å². The Morgan fingerprint density at radius 1 is 1.30 bits per heavy atom. The van der Waals surface area contributed by atoms with Crippen LogP contribution in [0.15, 0.2) is 34.4 Å². The van der Waals surface area contributed by atoms with Crippen LogP contribution >= 0.6 is 34.9 Å². The predicted molar refractivity (Wildman–Crippen MR) is 120 cm³/mol. The van der Waals surface area contributed by atoms with Crippen LogP contribution in [0.1, 0.15) is 34.6 Å². The first kappa shape index (κ1) is 21.2. The molecule has 0 radical (unpaired) electrons. The van der Waals surface area contributed by atoms with Crippen molar-refractivity contribution in [3.63, 3.8) is 0 Å². The molecule has 2 aromatic heterocycles. The van der Waals surface area contributed by atoms with Crippen LogP contribution in [0.2, 0.25) is 0 Å². The third-order valence-corrected chi connectivity index (χ3v) is 7.42. The quantitative estimate of drug-likeness (QED) is 0.124. The van der Waals surface area contributed by atoms with E-state index in [-0.39, 0.29) is 22.8 Å². The number of nitro benzene ring substituents is 1. The number of ether oxygens (including phenoxy) is 1. The van der Waals surface area contributed by atoms with Crippen LogP contribution < -0.4 is 0 Å². The zero-order chi connectivity index (χ0) is 21.5. The number of thioether (sulfide) groups is 2. The number of hydrogen-bond donors (Lipinski definition) is 0. The first-order valence-corrected chi connectivity index (χ1v) is 12.2. The number of rotatable bonds is 6. The summed E-state index contributed by atoms with van der Waals surface area (Å²) in [7, 11) is 0. The fraction of sp³-hybridized carbons (Fsp3) is 0.350. The lowest BCUT2D eigenvalue weighted by atomic mass is 9.95. The van der Waals surface area contributed by atoms with E-state index in [0.29, 0.717) is 17.3 Å². The molecule has 0 amide bonds. The van der Waals surface area contributed by atoms with Crippen LogP contribution in [0.4, 0.5) is 5.69 Å². The normalized spacial score (nSPS) is 15.2. The second kappa shape index (κ2) is 8.26. The van der Waals surface area contributed by atoms with Gasteiger partial charge in [-0.25, -0.2) is 9.97 Å². The minimum absolute atomic E-state index is 0.0314. The van der Waals surface area contributed by atoms with Gasteiger partial charge in [-0.3, -0.25) is 14.9 Å². The molecule has 3 aromatic rings. The number of nitrogens with zero attached hydrogens (tertiary/aromatic N) is 3. The first-order chi connectivity index (χ1) is 14.3. The molecule has 10 heteroatoms. The Labute approximate surface area is 185 Å². The number of carbonyl (C=O) groups excluding carboxylic acids is 1. The van der Waals surface area contributed by atoms with E-state index in [0.717, 1.165) is 21.7 Å². The Morgan fingerprint density at radius 3 is 2.70 bits per heavy atom. The highest BCUT2D eigenvalue weighted by Crippen LogP contribution is 2.42. The summed E-state index contributed by atoms with van der Waals surface area (Å²) in [4.78, 5) is 34.4. The van der Waals surface area contributed by atoms with E-state index in [1.165, 1.54) is 58.2 Å². The predicted octanol–water partition coefficient (Wildman–Crippen LogP) is 5.15. The van der Waals surface area contributed by atoms with Crippen LogP contribution in [0.3, 0.4) is 0 Å². The van der Waals surface area contributed by atoms with Gasteiger partial charge >= 0.3 is 0 Å². The fourth-order valence-corrected chi connectivity index (χ4v) is 5.87. The van der Waals surface area contributed by atoms with E-state index in [1.807, 2.05) is 6.26 Å². The van der Waals surface area contributed by atoms with Crippen molar-refractivity contribution in [2.45, 2.75) is 42.7 Å². The van der Waals surface area contributed by atoms with Crippen LogP contribution in [-0.4, -0.2) is 38.3 Å². The monoisotopic (exact) mass is 461 g/mol. The Bertz CT molecular complexity index is 1140. The zero-order valence-electron chi connectivity index (χ0n) is 16.6. The molecule has 0 saturated carbocycles. The summed E-state index contributed by atoms with van der Waals surface area (Å²) in [6, 6.07) is 5.69. The lowest BCUT2D eigenvalue weighted by molar-refractivity contribution is -0.384. The zero-order valence-corrected chi connectivity index (χ0v) is 19.1. The van der Waals surface area contributed by atoms with Crippen LogP contribution in [0.25, 0.3) is 10.2 Å². The summed E-state index contributed by atoms with van der Waals surface area (Å²) in [6.45, 7) is 4.70. The standard InChI is InChI=1S/C20H19N3O4S3/c1-20(2)8-13-15(9-27-20)30-18-16(13)17(21-19(22-18)28-3)29-10-14(24)11-4-6-12(7-5-11)23(25)26/h4-7H,8-10H2,1-3H3. The summed E-state index contributed by atoms with van der Waals surface area (Å²) in [6.07, 6.45) is 2.70. The van der Waals surface area contributed by atoms with Crippen molar-refractivity contribution in [3.05, 3.63) is 50.4 Å². The molecule has 7 nitrogen and oxygen atoms in total. The number of aromatic nitrogens is 2. The molecule has 3 heterocycles. The Kier molecular flexibility index (Phi) is 5.84.